The number of hydrogen-bond acceptors (Lipinski definition) is 6. The minimum atomic E-state index is 0.00549. The number of amides is 1. The molecule has 3 aromatic rings. The molecule has 2 aromatic carbocycles. The van der Waals surface area contributed by atoms with E-state index in [1.54, 1.807) is 11.3 Å². The summed E-state index contributed by atoms with van der Waals surface area (Å²) in [6.45, 7) is 4.80. The third-order valence-electron chi connectivity index (χ3n) is 5.32. The largest absolute Gasteiger partial charge is 0.378 e. The molecule has 2 fully saturated rings. The zero-order chi connectivity index (χ0) is 18.9. The second kappa shape index (κ2) is 7.41. The smallest absolute Gasteiger partial charge is 0.231 e. The van der Waals surface area contributed by atoms with Crippen LogP contribution < -0.4 is 15.1 Å². The molecule has 0 unspecified atom stereocenters. The molecule has 0 saturated carbocycles. The average Bonchev–Trinajstić information content (AvgIpc) is 3.11. The van der Waals surface area contributed by atoms with Gasteiger partial charge in [0.15, 0.2) is 5.13 Å². The van der Waals surface area contributed by atoms with Gasteiger partial charge in [0.05, 0.1) is 29.3 Å². The van der Waals surface area contributed by atoms with E-state index >= 15 is 0 Å². The topological polar surface area (TPSA) is 57.7 Å². The number of hydrogen-bond donors (Lipinski definition) is 1. The molecule has 0 aliphatic carbocycles. The van der Waals surface area contributed by atoms with Crippen LogP contribution in [0.3, 0.4) is 0 Å². The predicted octanol–water partition coefficient (Wildman–Crippen LogP) is 3.21. The van der Waals surface area contributed by atoms with Gasteiger partial charge in [0.2, 0.25) is 5.91 Å². The Bertz CT molecular complexity index is 942. The van der Waals surface area contributed by atoms with Crippen molar-refractivity contribution in [2.24, 2.45) is 5.92 Å². The normalized spacial score (nSPS) is 17.6. The number of morpholine rings is 1. The van der Waals surface area contributed by atoms with Crippen LogP contribution in [0.25, 0.3) is 10.2 Å². The van der Waals surface area contributed by atoms with Crippen LogP contribution in [0, 0.1) is 5.92 Å². The lowest BCUT2D eigenvalue weighted by molar-refractivity contribution is -0.120. The Balaban J connectivity index is 1.16. The SMILES string of the molecule is O=C(Nc1ccc(N2CCOCC2)cc1)C1CN(c2nc3ccccc3s2)C1. The Morgan fingerprint density at radius 2 is 1.79 bits per heavy atom. The molecular formula is C21H22N4O2S. The quantitative estimate of drug-likeness (QED) is 0.736. The zero-order valence-electron chi connectivity index (χ0n) is 15.5. The van der Waals surface area contributed by atoms with Crippen LogP contribution in [0.5, 0.6) is 0 Å². The number of rotatable bonds is 4. The van der Waals surface area contributed by atoms with Crippen molar-refractivity contribution in [2.75, 3.05) is 54.5 Å². The average molecular weight is 395 g/mol. The Morgan fingerprint density at radius 1 is 1.04 bits per heavy atom. The second-order valence-corrected chi connectivity index (χ2v) is 8.21. The summed E-state index contributed by atoms with van der Waals surface area (Å²) >= 11 is 1.68. The minimum Gasteiger partial charge on any atom is -0.378 e. The van der Waals surface area contributed by atoms with Crippen LogP contribution >= 0.6 is 11.3 Å². The fraction of sp³-hybridized carbons (Fsp3) is 0.333. The van der Waals surface area contributed by atoms with Crippen molar-refractivity contribution in [1.29, 1.82) is 0 Å². The first-order valence-corrected chi connectivity index (χ1v) is 10.4. The van der Waals surface area contributed by atoms with Gasteiger partial charge in [-0.3, -0.25) is 4.79 Å². The van der Waals surface area contributed by atoms with E-state index in [1.165, 1.54) is 10.4 Å². The van der Waals surface area contributed by atoms with E-state index < -0.39 is 0 Å². The fourth-order valence-electron chi connectivity index (χ4n) is 3.62. The van der Waals surface area contributed by atoms with E-state index in [2.05, 4.69) is 38.3 Å². The Morgan fingerprint density at radius 3 is 2.54 bits per heavy atom. The number of nitrogens with one attached hydrogen (secondary N) is 1. The number of benzene rings is 2. The van der Waals surface area contributed by atoms with Crippen molar-refractivity contribution in [1.82, 2.24) is 4.98 Å². The summed E-state index contributed by atoms with van der Waals surface area (Å²) in [6, 6.07) is 16.2. The molecule has 1 amide bonds. The Kier molecular flexibility index (Phi) is 4.62. The van der Waals surface area contributed by atoms with Crippen molar-refractivity contribution in [3.05, 3.63) is 48.5 Å². The standard InChI is InChI=1S/C21H22N4O2S/c26-20(22-16-5-7-17(8-6-16)24-9-11-27-12-10-24)15-13-25(14-15)21-23-18-3-1-2-4-19(18)28-21/h1-8,15H,9-14H2,(H,22,26). The van der Waals surface area contributed by atoms with Crippen LogP contribution in [0.15, 0.2) is 48.5 Å². The number of para-hydroxylation sites is 1. The molecule has 5 rings (SSSR count). The zero-order valence-corrected chi connectivity index (χ0v) is 16.3. The van der Waals surface area contributed by atoms with Gasteiger partial charge in [-0.15, -0.1) is 0 Å². The minimum absolute atomic E-state index is 0.00549. The highest BCUT2D eigenvalue weighted by Gasteiger charge is 2.34. The maximum atomic E-state index is 12.5. The number of fused-ring (bicyclic) bond motifs is 1. The molecular weight excluding hydrogens is 372 g/mol. The van der Waals surface area contributed by atoms with Crippen molar-refractivity contribution in [3.8, 4) is 0 Å². The third kappa shape index (κ3) is 3.43. The first kappa shape index (κ1) is 17.5. The van der Waals surface area contributed by atoms with Crippen molar-refractivity contribution in [3.63, 3.8) is 0 Å². The molecule has 1 N–H and O–H groups in total. The van der Waals surface area contributed by atoms with Gasteiger partial charge in [-0.25, -0.2) is 4.98 Å². The molecule has 0 radical (unpaired) electrons. The molecule has 7 heteroatoms. The first-order chi connectivity index (χ1) is 13.8. The lowest BCUT2D eigenvalue weighted by atomic mass is 10.00. The van der Waals surface area contributed by atoms with E-state index in [1.807, 2.05) is 30.3 Å². The Labute approximate surface area is 167 Å². The highest BCUT2D eigenvalue weighted by molar-refractivity contribution is 7.22. The molecule has 0 bridgehead atoms. The van der Waals surface area contributed by atoms with Crippen molar-refractivity contribution in [2.45, 2.75) is 0 Å². The number of ether oxygens (including phenoxy) is 1. The van der Waals surface area contributed by atoms with E-state index in [0.717, 1.165) is 55.7 Å². The van der Waals surface area contributed by atoms with Crippen molar-refractivity contribution < 1.29 is 9.53 Å². The van der Waals surface area contributed by atoms with Gasteiger partial charge >= 0.3 is 0 Å². The summed E-state index contributed by atoms with van der Waals surface area (Å²) in [4.78, 5) is 21.7. The molecule has 2 aliphatic heterocycles. The van der Waals surface area contributed by atoms with E-state index in [0.29, 0.717) is 0 Å². The number of aromatic nitrogens is 1. The molecule has 1 aromatic heterocycles. The molecule has 144 valence electrons. The highest BCUT2D eigenvalue weighted by atomic mass is 32.1. The number of carbonyl (C=O) groups excluding carboxylic acids is 1. The van der Waals surface area contributed by atoms with Gasteiger partial charge in [0, 0.05) is 37.6 Å². The number of thiazole rings is 1. The van der Waals surface area contributed by atoms with Crippen LogP contribution in [0.2, 0.25) is 0 Å². The summed E-state index contributed by atoms with van der Waals surface area (Å²) in [6.07, 6.45) is 0. The van der Waals surface area contributed by atoms with Crippen molar-refractivity contribution >= 4 is 44.0 Å². The summed E-state index contributed by atoms with van der Waals surface area (Å²) in [5, 5.41) is 4.05. The Hall–Kier alpha value is -2.64. The maximum Gasteiger partial charge on any atom is 0.231 e. The molecule has 2 saturated heterocycles. The highest BCUT2D eigenvalue weighted by Crippen LogP contribution is 2.33. The molecule has 2 aliphatic rings. The first-order valence-electron chi connectivity index (χ1n) is 9.60. The van der Waals surface area contributed by atoms with Gasteiger partial charge < -0.3 is 19.9 Å². The van der Waals surface area contributed by atoms with Gasteiger partial charge in [-0.2, -0.15) is 0 Å². The van der Waals surface area contributed by atoms with E-state index in [9.17, 15) is 4.79 Å². The maximum absolute atomic E-state index is 12.5. The lowest BCUT2D eigenvalue weighted by Crippen LogP contribution is -2.52. The lowest BCUT2D eigenvalue weighted by Gasteiger charge is -2.38. The predicted molar refractivity (Wildman–Crippen MR) is 113 cm³/mol. The van der Waals surface area contributed by atoms with Gasteiger partial charge in [-0.1, -0.05) is 23.5 Å². The van der Waals surface area contributed by atoms with Crippen LogP contribution in [0.4, 0.5) is 16.5 Å². The number of carbonyl (C=O) groups is 1. The monoisotopic (exact) mass is 394 g/mol. The fourth-order valence-corrected chi connectivity index (χ4v) is 4.60. The van der Waals surface area contributed by atoms with Crippen LogP contribution in [-0.4, -0.2) is 50.3 Å². The molecule has 6 nitrogen and oxygen atoms in total. The van der Waals surface area contributed by atoms with E-state index in [-0.39, 0.29) is 11.8 Å². The summed E-state index contributed by atoms with van der Waals surface area (Å²) < 4.78 is 6.58. The van der Waals surface area contributed by atoms with Gasteiger partial charge in [-0.05, 0) is 36.4 Å². The van der Waals surface area contributed by atoms with Gasteiger partial charge in [0.1, 0.15) is 0 Å². The molecule has 28 heavy (non-hydrogen) atoms. The molecule has 3 heterocycles. The van der Waals surface area contributed by atoms with Crippen LogP contribution in [-0.2, 0) is 9.53 Å². The van der Waals surface area contributed by atoms with Gasteiger partial charge in [0.25, 0.3) is 0 Å². The second-order valence-electron chi connectivity index (χ2n) is 7.20. The summed E-state index contributed by atoms with van der Waals surface area (Å²) in [7, 11) is 0. The van der Waals surface area contributed by atoms with Crippen LogP contribution in [0.1, 0.15) is 0 Å². The third-order valence-corrected chi connectivity index (χ3v) is 6.41. The molecule has 0 spiro atoms. The molecule has 0 atom stereocenters. The van der Waals surface area contributed by atoms with E-state index in [4.69, 9.17) is 4.74 Å². The summed E-state index contributed by atoms with van der Waals surface area (Å²) in [5.74, 6) is 0.0856. The number of nitrogens with zero attached hydrogens (tertiary/aromatic N) is 3. The number of anilines is 3. The summed E-state index contributed by atoms with van der Waals surface area (Å²) in [5.41, 5.74) is 3.04.